The molecule has 0 heterocycles. The minimum atomic E-state index is -0.545. The molecule has 6 heteroatoms. The molecule has 0 aliphatic rings. The van der Waals surface area contributed by atoms with Gasteiger partial charge in [-0.05, 0) is 24.3 Å². The maximum atomic E-state index is 11.9. The third-order valence-corrected chi connectivity index (χ3v) is 2.78. The number of nitro groups is 1. The lowest BCUT2D eigenvalue weighted by molar-refractivity contribution is -0.384. The number of carbonyl (C=O) groups excluding carboxylic acids is 2. The molecule has 0 aliphatic heterocycles. The summed E-state index contributed by atoms with van der Waals surface area (Å²) in [7, 11) is 0. The number of ketones is 1. The van der Waals surface area contributed by atoms with Crippen molar-refractivity contribution in [3.8, 4) is 0 Å². The van der Waals surface area contributed by atoms with Gasteiger partial charge in [0.1, 0.15) is 0 Å². The van der Waals surface area contributed by atoms with E-state index in [1.807, 2.05) is 6.07 Å². The third kappa shape index (κ3) is 3.97. The number of benzene rings is 2. The number of hydrogen-bond acceptors (Lipinski definition) is 4. The van der Waals surface area contributed by atoms with Gasteiger partial charge in [-0.2, -0.15) is 0 Å². The number of hydrogen-bond donors (Lipinski definition) is 1. The summed E-state index contributed by atoms with van der Waals surface area (Å²) < 4.78 is 0. The Morgan fingerprint density at radius 2 is 1.62 bits per heavy atom. The second-order valence-corrected chi connectivity index (χ2v) is 4.32. The second kappa shape index (κ2) is 6.42. The summed E-state index contributed by atoms with van der Waals surface area (Å²) in [5, 5.41) is 13.1. The topological polar surface area (TPSA) is 89.3 Å². The smallest absolute Gasteiger partial charge is 0.269 e. The Morgan fingerprint density at radius 3 is 2.19 bits per heavy atom. The van der Waals surface area contributed by atoms with E-state index in [0.717, 1.165) is 0 Å². The van der Waals surface area contributed by atoms with Crippen LogP contribution >= 0.6 is 0 Å². The van der Waals surface area contributed by atoms with E-state index in [2.05, 4.69) is 5.32 Å². The van der Waals surface area contributed by atoms with Crippen molar-refractivity contribution >= 4 is 23.1 Å². The summed E-state index contributed by atoms with van der Waals surface area (Å²) in [6.07, 6.45) is -0.313. The van der Waals surface area contributed by atoms with E-state index in [1.165, 1.54) is 24.3 Å². The largest absolute Gasteiger partial charge is 0.326 e. The Balaban J connectivity index is 1.97. The summed E-state index contributed by atoms with van der Waals surface area (Å²) in [6, 6.07) is 14.0. The van der Waals surface area contributed by atoms with Gasteiger partial charge in [0, 0.05) is 23.4 Å². The zero-order chi connectivity index (χ0) is 15.2. The van der Waals surface area contributed by atoms with Gasteiger partial charge in [0.05, 0.1) is 11.3 Å². The minimum Gasteiger partial charge on any atom is -0.326 e. The molecule has 0 spiro atoms. The van der Waals surface area contributed by atoms with Crippen LogP contribution in [0.15, 0.2) is 54.6 Å². The van der Waals surface area contributed by atoms with Crippen LogP contribution < -0.4 is 5.32 Å². The molecule has 0 aliphatic carbocycles. The number of nitrogens with zero attached hydrogens (tertiary/aromatic N) is 1. The molecule has 0 aromatic heterocycles. The van der Waals surface area contributed by atoms with Crippen molar-refractivity contribution in [3.05, 3.63) is 70.3 Å². The lowest BCUT2D eigenvalue weighted by Gasteiger charge is -2.04. The number of rotatable bonds is 5. The maximum Gasteiger partial charge on any atom is 0.269 e. The van der Waals surface area contributed by atoms with Gasteiger partial charge in [0.25, 0.3) is 5.69 Å². The molecule has 6 nitrogen and oxygen atoms in total. The van der Waals surface area contributed by atoms with E-state index in [9.17, 15) is 19.7 Å². The second-order valence-electron chi connectivity index (χ2n) is 4.32. The van der Waals surface area contributed by atoms with Crippen molar-refractivity contribution < 1.29 is 14.5 Å². The van der Waals surface area contributed by atoms with E-state index >= 15 is 0 Å². The molecular formula is C15H12N2O4. The highest BCUT2D eigenvalue weighted by molar-refractivity contribution is 6.11. The van der Waals surface area contributed by atoms with E-state index < -0.39 is 16.6 Å². The van der Waals surface area contributed by atoms with E-state index in [-0.39, 0.29) is 17.7 Å². The number of anilines is 1. The summed E-state index contributed by atoms with van der Waals surface area (Å²) >= 11 is 0. The van der Waals surface area contributed by atoms with Crippen LogP contribution in [-0.2, 0) is 4.79 Å². The summed E-state index contributed by atoms with van der Waals surface area (Å²) in [4.78, 5) is 33.6. The number of Topliss-reactive ketones (excluding diaryl/α,β-unsaturated/α-hetero) is 1. The van der Waals surface area contributed by atoms with Gasteiger partial charge < -0.3 is 5.32 Å². The van der Waals surface area contributed by atoms with Crippen LogP contribution in [0.1, 0.15) is 16.8 Å². The minimum absolute atomic E-state index is 0.0970. The Kier molecular flexibility index (Phi) is 4.40. The molecule has 0 atom stereocenters. The SMILES string of the molecule is O=C(CC(=O)c1ccc([N+](=O)[O-])cc1)Nc1ccccc1. The van der Waals surface area contributed by atoms with Crippen molar-refractivity contribution in [2.45, 2.75) is 6.42 Å². The molecule has 2 rings (SSSR count). The highest BCUT2D eigenvalue weighted by atomic mass is 16.6. The number of nitro benzene ring substituents is 1. The third-order valence-electron chi connectivity index (χ3n) is 2.78. The fourth-order valence-corrected chi connectivity index (χ4v) is 1.74. The number of amides is 1. The normalized spacial score (nSPS) is 9.90. The van der Waals surface area contributed by atoms with Gasteiger partial charge in [-0.15, -0.1) is 0 Å². The van der Waals surface area contributed by atoms with Crippen molar-refractivity contribution in [2.24, 2.45) is 0 Å². The number of nitrogens with one attached hydrogen (secondary N) is 1. The quantitative estimate of drug-likeness (QED) is 0.395. The molecule has 0 fully saturated rings. The van der Waals surface area contributed by atoms with Gasteiger partial charge in [-0.3, -0.25) is 19.7 Å². The standard InChI is InChI=1S/C15H12N2O4/c18-14(11-6-8-13(9-7-11)17(20)21)10-15(19)16-12-4-2-1-3-5-12/h1-9H,10H2,(H,16,19). The summed E-state index contributed by atoms with van der Waals surface area (Å²) in [5.74, 6) is -0.817. The molecule has 0 unspecified atom stereocenters. The molecule has 2 aromatic rings. The van der Waals surface area contributed by atoms with Crippen molar-refractivity contribution in [1.29, 1.82) is 0 Å². The fraction of sp³-hybridized carbons (Fsp3) is 0.0667. The number of para-hydroxylation sites is 1. The van der Waals surface area contributed by atoms with Gasteiger partial charge >= 0.3 is 0 Å². The highest BCUT2D eigenvalue weighted by Crippen LogP contribution is 2.14. The molecule has 0 saturated heterocycles. The first-order chi connectivity index (χ1) is 10.1. The van der Waals surface area contributed by atoms with Gasteiger partial charge in [-0.1, -0.05) is 18.2 Å². The molecule has 0 bridgehead atoms. The average Bonchev–Trinajstić information content (AvgIpc) is 2.48. The lowest BCUT2D eigenvalue weighted by Crippen LogP contribution is -2.16. The van der Waals surface area contributed by atoms with E-state index in [4.69, 9.17) is 0 Å². The maximum absolute atomic E-state index is 11.9. The van der Waals surface area contributed by atoms with Crippen LogP contribution in [0.2, 0.25) is 0 Å². The van der Waals surface area contributed by atoms with E-state index in [0.29, 0.717) is 5.69 Å². The molecule has 2 aromatic carbocycles. The predicted octanol–water partition coefficient (Wildman–Crippen LogP) is 2.81. The molecule has 106 valence electrons. The molecule has 21 heavy (non-hydrogen) atoms. The summed E-state index contributed by atoms with van der Waals surface area (Å²) in [6.45, 7) is 0. The van der Waals surface area contributed by atoms with Crippen molar-refractivity contribution in [1.82, 2.24) is 0 Å². The predicted molar refractivity (Wildman–Crippen MR) is 77.1 cm³/mol. The lowest BCUT2D eigenvalue weighted by atomic mass is 10.1. The van der Waals surface area contributed by atoms with Crippen LogP contribution in [-0.4, -0.2) is 16.6 Å². The van der Waals surface area contributed by atoms with Crippen LogP contribution in [0.3, 0.4) is 0 Å². The molecule has 1 N–H and O–H groups in total. The summed E-state index contributed by atoms with van der Waals surface area (Å²) in [5.41, 5.74) is 0.781. The monoisotopic (exact) mass is 284 g/mol. The zero-order valence-corrected chi connectivity index (χ0v) is 11.0. The van der Waals surface area contributed by atoms with E-state index in [1.54, 1.807) is 24.3 Å². The Bertz CT molecular complexity index is 666. The molecule has 0 saturated carbocycles. The van der Waals surface area contributed by atoms with Crippen LogP contribution in [0.4, 0.5) is 11.4 Å². The Labute approximate surface area is 120 Å². The first-order valence-corrected chi connectivity index (χ1v) is 6.19. The highest BCUT2D eigenvalue weighted by Gasteiger charge is 2.13. The first kappa shape index (κ1) is 14.4. The number of non-ortho nitro benzene ring substituents is 1. The number of carbonyl (C=O) groups is 2. The van der Waals surface area contributed by atoms with Gasteiger partial charge in [-0.25, -0.2) is 0 Å². The first-order valence-electron chi connectivity index (χ1n) is 6.19. The molecular weight excluding hydrogens is 272 g/mol. The van der Waals surface area contributed by atoms with Crippen molar-refractivity contribution in [3.63, 3.8) is 0 Å². The molecule has 1 amide bonds. The molecule has 0 radical (unpaired) electrons. The van der Waals surface area contributed by atoms with Crippen LogP contribution in [0.25, 0.3) is 0 Å². The van der Waals surface area contributed by atoms with Crippen LogP contribution in [0, 0.1) is 10.1 Å². The van der Waals surface area contributed by atoms with Crippen molar-refractivity contribution in [2.75, 3.05) is 5.32 Å². The van der Waals surface area contributed by atoms with Gasteiger partial charge in [0.2, 0.25) is 5.91 Å². The van der Waals surface area contributed by atoms with Crippen LogP contribution in [0.5, 0.6) is 0 Å². The Hall–Kier alpha value is -3.02. The fourth-order valence-electron chi connectivity index (χ4n) is 1.74. The average molecular weight is 284 g/mol. The zero-order valence-electron chi connectivity index (χ0n) is 11.0. The Morgan fingerprint density at radius 1 is 1.00 bits per heavy atom. The van der Waals surface area contributed by atoms with Gasteiger partial charge in [0.15, 0.2) is 5.78 Å².